The Morgan fingerprint density at radius 3 is 2.90 bits per heavy atom. The van der Waals surface area contributed by atoms with E-state index in [-0.39, 0.29) is 16.8 Å². The van der Waals surface area contributed by atoms with Gasteiger partial charge in [0.2, 0.25) is 0 Å². The van der Waals surface area contributed by atoms with E-state index in [1.807, 2.05) is 0 Å². The van der Waals surface area contributed by atoms with Gasteiger partial charge in [-0.3, -0.25) is 4.79 Å². The molecular weight excluding hydrogens is 277 g/mol. The molecule has 2 aliphatic rings. The van der Waals surface area contributed by atoms with Crippen LogP contribution in [0.2, 0.25) is 5.02 Å². The summed E-state index contributed by atoms with van der Waals surface area (Å²) < 4.78 is 13.1. The lowest BCUT2D eigenvalue weighted by Gasteiger charge is -2.24. The second kappa shape index (κ2) is 5.82. The number of carbonyl (C=O) groups excluding carboxylic acids is 1. The van der Waals surface area contributed by atoms with Gasteiger partial charge in [0, 0.05) is 12.5 Å². The van der Waals surface area contributed by atoms with Crippen LogP contribution in [0.5, 0.6) is 0 Å². The minimum absolute atomic E-state index is 0.0353. The standard InChI is InChI=1S/C16H19ClFNO/c17-12-7-10(5-6-13(12)18)8-16(20)15-9-11-3-1-2-4-14(11)19-15/h5-7,11,14-15,19H,1-4,8-9H2. The Hall–Kier alpha value is -0.930. The van der Waals surface area contributed by atoms with E-state index in [0.29, 0.717) is 18.4 Å². The number of ketones is 1. The fourth-order valence-corrected chi connectivity index (χ4v) is 3.74. The minimum Gasteiger partial charge on any atom is -0.304 e. The van der Waals surface area contributed by atoms with Crippen molar-refractivity contribution in [2.24, 2.45) is 5.92 Å². The lowest BCUT2D eigenvalue weighted by molar-refractivity contribution is -0.120. The zero-order valence-corrected chi connectivity index (χ0v) is 12.1. The summed E-state index contributed by atoms with van der Waals surface area (Å²) in [5, 5.41) is 3.57. The van der Waals surface area contributed by atoms with E-state index < -0.39 is 5.82 Å². The first kappa shape index (κ1) is 14.0. The molecule has 0 amide bonds. The van der Waals surface area contributed by atoms with Gasteiger partial charge in [0.15, 0.2) is 5.78 Å². The first-order valence-electron chi connectivity index (χ1n) is 7.36. The predicted octanol–water partition coefficient (Wildman–Crippen LogP) is 3.51. The Balaban J connectivity index is 1.63. The topological polar surface area (TPSA) is 29.1 Å². The number of rotatable bonds is 3. The summed E-state index contributed by atoms with van der Waals surface area (Å²) in [6, 6.07) is 5.01. The van der Waals surface area contributed by atoms with E-state index >= 15 is 0 Å². The van der Waals surface area contributed by atoms with Crippen LogP contribution in [0.4, 0.5) is 4.39 Å². The first-order valence-corrected chi connectivity index (χ1v) is 7.74. The molecule has 108 valence electrons. The molecule has 0 bridgehead atoms. The summed E-state index contributed by atoms with van der Waals surface area (Å²) in [7, 11) is 0. The van der Waals surface area contributed by atoms with Crippen LogP contribution in [0.25, 0.3) is 0 Å². The molecule has 20 heavy (non-hydrogen) atoms. The van der Waals surface area contributed by atoms with Crippen LogP contribution in [-0.2, 0) is 11.2 Å². The van der Waals surface area contributed by atoms with Crippen molar-refractivity contribution in [2.75, 3.05) is 0 Å². The van der Waals surface area contributed by atoms with Crippen molar-refractivity contribution in [3.63, 3.8) is 0 Å². The summed E-state index contributed by atoms with van der Waals surface area (Å²) in [4.78, 5) is 12.4. The molecule has 1 saturated carbocycles. The van der Waals surface area contributed by atoms with Gasteiger partial charge in [-0.2, -0.15) is 0 Å². The third kappa shape index (κ3) is 2.89. The third-order valence-corrected chi connectivity index (χ3v) is 4.90. The molecule has 3 atom stereocenters. The van der Waals surface area contributed by atoms with Gasteiger partial charge in [-0.15, -0.1) is 0 Å². The van der Waals surface area contributed by atoms with Gasteiger partial charge < -0.3 is 5.32 Å². The van der Waals surface area contributed by atoms with E-state index in [0.717, 1.165) is 12.0 Å². The molecule has 4 heteroatoms. The number of hydrogen-bond acceptors (Lipinski definition) is 2. The number of Topliss-reactive ketones (excluding diaryl/α,β-unsaturated/α-hetero) is 1. The van der Waals surface area contributed by atoms with Crippen molar-refractivity contribution < 1.29 is 9.18 Å². The molecule has 3 rings (SSSR count). The van der Waals surface area contributed by atoms with Gasteiger partial charge in [0.25, 0.3) is 0 Å². The van der Waals surface area contributed by atoms with Gasteiger partial charge in [0.1, 0.15) is 5.82 Å². The van der Waals surface area contributed by atoms with Crippen LogP contribution in [0.15, 0.2) is 18.2 Å². The van der Waals surface area contributed by atoms with E-state index in [4.69, 9.17) is 11.6 Å². The summed E-state index contributed by atoms with van der Waals surface area (Å²) in [5.74, 6) is 0.421. The van der Waals surface area contributed by atoms with Crippen LogP contribution >= 0.6 is 11.6 Å². The number of nitrogens with one attached hydrogen (secondary N) is 1. The fraction of sp³-hybridized carbons (Fsp3) is 0.562. The van der Waals surface area contributed by atoms with Crippen molar-refractivity contribution in [1.82, 2.24) is 5.32 Å². The van der Waals surface area contributed by atoms with Gasteiger partial charge >= 0.3 is 0 Å². The second-order valence-electron chi connectivity index (χ2n) is 6.00. The van der Waals surface area contributed by atoms with Crippen molar-refractivity contribution in [3.05, 3.63) is 34.6 Å². The lowest BCUT2D eigenvalue weighted by atomic mass is 9.84. The molecule has 2 fully saturated rings. The van der Waals surface area contributed by atoms with Crippen LogP contribution in [0.1, 0.15) is 37.7 Å². The Labute approximate surface area is 123 Å². The van der Waals surface area contributed by atoms with Crippen molar-refractivity contribution in [3.8, 4) is 0 Å². The highest BCUT2D eigenvalue weighted by atomic mass is 35.5. The maximum Gasteiger partial charge on any atom is 0.154 e. The smallest absolute Gasteiger partial charge is 0.154 e. The Bertz CT molecular complexity index is 505. The zero-order chi connectivity index (χ0) is 14.1. The average molecular weight is 296 g/mol. The highest BCUT2D eigenvalue weighted by Crippen LogP contribution is 2.33. The molecule has 0 radical (unpaired) electrons. The second-order valence-corrected chi connectivity index (χ2v) is 6.40. The van der Waals surface area contributed by atoms with Crippen molar-refractivity contribution in [1.29, 1.82) is 0 Å². The quantitative estimate of drug-likeness (QED) is 0.924. The minimum atomic E-state index is -0.437. The molecule has 1 aliphatic heterocycles. The first-order chi connectivity index (χ1) is 9.63. The Morgan fingerprint density at radius 1 is 1.35 bits per heavy atom. The van der Waals surface area contributed by atoms with Gasteiger partial charge in [-0.25, -0.2) is 4.39 Å². The SMILES string of the molecule is O=C(Cc1ccc(F)c(Cl)c1)C1CC2CCCCC2N1. The number of halogens is 2. The van der Waals surface area contributed by atoms with Gasteiger partial charge in [0.05, 0.1) is 11.1 Å². The predicted molar refractivity (Wildman–Crippen MR) is 77.4 cm³/mol. The lowest BCUT2D eigenvalue weighted by Crippen LogP contribution is -2.37. The Morgan fingerprint density at radius 2 is 2.15 bits per heavy atom. The van der Waals surface area contributed by atoms with Crippen molar-refractivity contribution >= 4 is 17.4 Å². The molecule has 0 spiro atoms. The van der Waals surface area contributed by atoms with Crippen LogP contribution in [0, 0.1) is 11.7 Å². The maximum absolute atomic E-state index is 13.1. The van der Waals surface area contributed by atoms with Crippen molar-refractivity contribution in [2.45, 2.75) is 50.6 Å². The summed E-state index contributed by atoms with van der Waals surface area (Å²) in [6.07, 6.45) is 6.27. The summed E-state index contributed by atoms with van der Waals surface area (Å²) in [5.41, 5.74) is 0.790. The maximum atomic E-state index is 13.1. The molecule has 1 N–H and O–H groups in total. The summed E-state index contributed by atoms with van der Waals surface area (Å²) >= 11 is 5.75. The van der Waals surface area contributed by atoms with Gasteiger partial charge in [-0.1, -0.05) is 30.5 Å². The number of benzene rings is 1. The molecule has 1 saturated heterocycles. The van der Waals surface area contributed by atoms with Crippen LogP contribution in [0.3, 0.4) is 0 Å². The number of carbonyl (C=O) groups is 1. The fourth-order valence-electron chi connectivity index (χ4n) is 3.54. The zero-order valence-electron chi connectivity index (χ0n) is 11.4. The highest BCUT2D eigenvalue weighted by Gasteiger charge is 2.37. The van der Waals surface area contributed by atoms with E-state index in [1.54, 1.807) is 12.1 Å². The largest absolute Gasteiger partial charge is 0.304 e. The summed E-state index contributed by atoms with van der Waals surface area (Å²) in [6.45, 7) is 0. The molecule has 3 unspecified atom stereocenters. The molecule has 1 aromatic rings. The number of hydrogen-bond donors (Lipinski definition) is 1. The normalized spacial score (nSPS) is 29.2. The molecule has 1 aliphatic carbocycles. The van der Waals surface area contributed by atoms with Gasteiger partial charge in [-0.05, 0) is 42.9 Å². The molecule has 1 aromatic carbocycles. The van der Waals surface area contributed by atoms with E-state index in [9.17, 15) is 9.18 Å². The average Bonchev–Trinajstić information content (AvgIpc) is 2.87. The third-order valence-electron chi connectivity index (χ3n) is 4.61. The molecule has 0 aromatic heterocycles. The van der Waals surface area contributed by atoms with E-state index in [2.05, 4.69) is 5.32 Å². The highest BCUT2D eigenvalue weighted by molar-refractivity contribution is 6.30. The van der Waals surface area contributed by atoms with Crippen LogP contribution < -0.4 is 5.32 Å². The number of fused-ring (bicyclic) bond motifs is 1. The Kier molecular flexibility index (Phi) is 4.08. The molecule has 1 heterocycles. The monoisotopic (exact) mass is 295 g/mol. The van der Waals surface area contributed by atoms with Crippen LogP contribution in [-0.4, -0.2) is 17.9 Å². The molecular formula is C16H19ClFNO. The molecule has 2 nitrogen and oxygen atoms in total. The van der Waals surface area contributed by atoms with E-state index in [1.165, 1.54) is 31.7 Å².